The van der Waals surface area contributed by atoms with Gasteiger partial charge in [0.05, 0.1) is 6.61 Å². The van der Waals surface area contributed by atoms with E-state index in [2.05, 4.69) is 10.4 Å². The second-order valence-electron chi connectivity index (χ2n) is 3.94. The Balaban J connectivity index is 1.75. The van der Waals surface area contributed by atoms with E-state index in [-0.39, 0.29) is 0 Å². The lowest BCUT2D eigenvalue weighted by Crippen LogP contribution is -2.11. The topological polar surface area (TPSA) is 60.2 Å². The van der Waals surface area contributed by atoms with Crippen molar-refractivity contribution < 1.29 is 4.74 Å². The van der Waals surface area contributed by atoms with Crippen molar-refractivity contribution in [2.75, 3.05) is 12.0 Å². The van der Waals surface area contributed by atoms with Crippen molar-refractivity contribution in [1.82, 2.24) is 4.98 Å². The molecule has 1 aliphatic carbocycles. The molecule has 1 fully saturated rings. The van der Waals surface area contributed by atoms with Crippen LogP contribution in [-0.2, 0) is 11.3 Å². The van der Waals surface area contributed by atoms with Crippen molar-refractivity contribution in [3.05, 3.63) is 23.9 Å². The van der Waals surface area contributed by atoms with E-state index in [1.54, 1.807) is 6.20 Å². The molecule has 0 amide bonds. The molecule has 0 atom stereocenters. The maximum absolute atomic E-state index is 5.58. The van der Waals surface area contributed by atoms with Crippen LogP contribution in [0.4, 0.5) is 5.82 Å². The molecule has 1 saturated carbocycles. The predicted octanol–water partition coefficient (Wildman–Crippen LogP) is 1.68. The summed E-state index contributed by atoms with van der Waals surface area (Å²) in [5, 5.41) is 0. The number of nitrogen functional groups attached to an aromatic ring is 1. The number of hydrazine groups is 1. The van der Waals surface area contributed by atoms with E-state index in [1.165, 1.54) is 19.3 Å². The number of aromatic nitrogens is 1. The first-order valence-corrected chi connectivity index (χ1v) is 5.38. The molecule has 4 heteroatoms. The Labute approximate surface area is 89.8 Å². The minimum Gasteiger partial charge on any atom is -0.377 e. The molecule has 1 aliphatic rings. The molecule has 4 nitrogen and oxygen atoms in total. The molecule has 0 aliphatic heterocycles. The van der Waals surface area contributed by atoms with Crippen molar-refractivity contribution >= 4 is 5.82 Å². The van der Waals surface area contributed by atoms with Gasteiger partial charge in [-0.2, -0.15) is 0 Å². The van der Waals surface area contributed by atoms with Crippen molar-refractivity contribution in [3.63, 3.8) is 0 Å². The SMILES string of the molecule is NNc1ncccc1COCCC1CC1. The standard InChI is InChI=1S/C11H17N3O/c12-14-11-10(2-1-6-13-11)8-15-7-5-9-3-4-9/h1-2,6,9H,3-5,7-8,12H2,(H,13,14). The van der Waals surface area contributed by atoms with Gasteiger partial charge in [-0.05, 0) is 18.4 Å². The number of nitrogens with zero attached hydrogens (tertiary/aromatic N) is 1. The summed E-state index contributed by atoms with van der Waals surface area (Å²) < 4.78 is 5.58. The predicted molar refractivity (Wildman–Crippen MR) is 59.0 cm³/mol. The molecule has 82 valence electrons. The van der Waals surface area contributed by atoms with E-state index < -0.39 is 0 Å². The van der Waals surface area contributed by atoms with Gasteiger partial charge in [-0.25, -0.2) is 10.8 Å². The smallest absolute Gasteiger partial charge is 0.145 e. The molecule has 0 unspecified atom stereocenters. The van der Waals surface area contributed by atoms with E-state index >= 15 is 0 Å². The quantitative estimate of drug-likeness (QED) is 0.423. The van der Waals surface area contributed by atoms with Crippen LogP contribution in [0.3, 0.4) is 0 Å². The monoisotopic (exact) mass is 207 g/mol. The van der Waals surface area contributed by atoms with Crippen LogP contribution in [0.2, 0.25) is 0 Å². The number of anilines is 1. The van der Waals surface area contributed by atoms with Crippen LogP contribution in [0.15, 0.2) is 18.3 Å². The van der Waals surface area contributed by atoms with Crippen LogP contribution >= 0.6 is 0 Å². The zero-order chi connectivity index (χ0) is 10.5. The zero-order valence-electron chi connectivity index (χ0n) is 8.78. The van der Waals surface area contributed by atoms with Crippen LogP contribution in [0.25, 0.3) is 0 Å². The normalized spacial score (nSPS) is 15.3. The average molecular weight is 207 g/mol. The molecular formula is C11H17N3O. The highest BCUT2D eigenvalue weighted by atomic mass is 16.5. The van der Waals surface area contributed by atoms with Crippen LogP contribution in [0.5, 0.6) is 0 Å². The first kappa shape index (κ1) is 10.4. The molecule has 0 bridgehead atoms. The first-order chi connectivity index (χ1) is 7.40. The second kappa shape index (κ2) is 5.09. The Bertz CT molecular complexity index is 312. The third-order valence-corrected chi connectivity index (χ3v) is 2.65. The van der Waals surface area contributed by atoms with Crippen molar-refractivity contribution in [2.45, 2.75) is 25.9 Å². The van der Waals surface area contributed by atoms with Gasteiger partial charge in [-0.1, -0.05) is 18.9 Å². The summed E-state index contributed by atoms with van der Waals surface area (Å²) in [6.07, 6.45) is 5.66. The molecule has 3 N–H and O–H groups in total. The second-order valence-corrected chi connectivity index (χ2v) is 3.94. The summed E-state index contributed by atoms with van der Waals surface area (Å²) in [7, 11) is 0. The number of hydrogen-bond donors (Lipinski definition) is 2. The maximum Gasteiger partial charge on any atom is 0.145 e. The highest BCUT2D eigenvalue weighted by Crippen LogP contribution is 2.32. The van der Waals surface area contributed by atoms with E-state index in [9.17, 15) is 0 Å². The summed E-state index contributed by atoms with van der Waals surface area (Å²) in [6, 6.07) is 3.86. The lowest BCUT2D eigenvalue weighted by Gasteiger charge is -2.07. The molecular weight excluding hydrogens is 190 g/mol. The number of rotatable bonds is 6. The van der Waals surface area contributed by atoms with Crippen molar-refractivity contribution in [2.24, 2.45) is 11.8 Å². The maximum atomic E-state index is 5.58. The largest absolute Gasteiger partial charge is 0.377 e. The van der Waals surface area contributed by atoms with E-state index in [0.717, 1.165) is 18.1 Å². The fourth-order valence-corrected chi connectivity index (χ4v) is 1.52. The van der Waals surface area contributed by atoms with Gasteiger partial charge in [-0.15, -0.1) is 0 Å². The van der Waals surface area contributed by atoms with Gasteiger partial charge in [0.1, 0.15) is 5.82 Å². The van der Waals surface area contributed by atoms with Gasteiger partial charge in [-0.3, -0.25) is 0 Å². The average Bonchev–Trinajstić information content (AvgIpc) is 3.09. The van der Waals surface area contributed by atoms with Crippen LogP contribution < -0.4 is 11.3 Å². The molecule has 0 aromatic carbocycles. The van der Waals surface area contributed by atoms with E-state index in [0.29, 0.717) is 12.4 Å². The Morgan fingerprint density at radius 3 is 3.13 bits per heavy atom. The van der Waals surface area contributed by atoms with Crippen LogP contribution in [-0.4, -0.2) is 11.6 Å². The van der Waals surface area contributed by atoms with Gasteiger partial charge >= 0.3 is 0 Å². The van der Waals surface area contributed by atoms with E-state index in [4.69, 9.17) is 10.6 Å². The molecule has 0 saturated heterocycles. The third-order valence-electron chi connectivity index (χ3n) is 2.65. The summed E-state index contributed by atoms with van der Waals surface area (Å²) in [6.45, 7) is 1.42. The number of pyridine rings is 1. The Morgan fingerprint density at radius 2 is 2.40 bits per heavy atom. The zero-order valence-corrected chi connectivity index (χ0v) is 8.78. The fourth-order valence-electron chi connectivity index (χ4n) is 1.52. The lowest BCUT2D eigenvalue weighted by molar-refractivity contribution is 0.115. The lowest BCUT2D eigenvalue weighted by atomic mass is 10.2. The summed E-state index contributed by atoms with van der Waals surface area (Å²) in [4.78, 5) is 4.11. The van der Waals surface area contributed by atoms with Crippen molar-refractivity contribution in [3.8, 4) is 0 Å². The van der Waals surface area contributed by atoms with Crippen LogP contribution in [0.1, 0.15) is 24.8 Å². The molecule has 2 rings (SSSR count). The molecule has 1 heterocycles. The van der Waals surface area contributed by atoms with Crippen molar-refractivity contribution in [1.29, 1.82) is 0 Å². The van der Waals surface area contributed by atoms with E-state index in [1.807, 2.05) is 12.1 Å². The van der Waals surface area contributed by atoms with Gasteiger partial charge in [0, 0.05) is 18.4 Å². The molecule has 1 aromatic rings. The number of hydrogen-bond acceptors (Lipinski definition) is 4. The Morgan fingerprint density at radius 1 is 1.53 bits per heavy atom. The highest BCUT2D eigenvalue weighted by molar-refractivity contribution is 5.41. The molecule has 0 spiro atoms. The number of ether oxygens (including phenoxy) is 1. The Kier molecular flexibility index (Phi) is 3.53. The number of nitrogens with two attached hydrogens (primary N) is 1. The minimum atomic E-state index is 0.583. The highest BCUT2D eigenvalue weighted by Gasteiger charge is 2.20. The van der Waals surface area contributed by atoms with Gasteiger partial charge in [0.2, 0.25) is 0 Å². The summed E-state index contributed by atoms with van der Waals surface area (Å²) in [5.74, 6) is 6.97. The fraction of sp³-hybridized carbons (Fsp3) is 0.545. The van der Waals surface area contributed by atoms with Gasteiger partial charge in [0.25, 0.3) is 0 Å². The summed E-state index contributed by atoms with van der Waals surface area (Å²) >= 11 is 0. The van der Waals surface area contributed by atoms with Crippen LogP contribution in [0, 0.1) is 5.92 Å². The first-order valence-electron chi connectivity index (χ1n) is 5.38. The third kappa shape index (κ3) is 3.18. The summed E-state index contributed by atoms with van der Waals surface area (Å²) in [5.41, 5.74) is 3.58. The molecule has 15 heavy (non-hydrogen) atoms. The van der Waals surface area contributed by atoms with Gasteiger partial charge < -0.3 is 10.2 Å². The minimum absolute atomic E-state index is 0.583. The number of nitrogens with one attached hydrogen (secondary N) is 1. The molecule has 0 radical (unpaired) electrons. The van der Waals surface area contributed by atoms with Gasteiger partial charge in [0.15, 0.2) is 0 Å². The Hall–Kier alpha value is -1.13. The molecule has 1 aromatic heterocycles.